The Morgan fingerprint density at radius 3 is 2.46 bits per heavy atom. The summed E-state index contributed by atoms with van der Waals surface area (Å²) in [6.45, 7) is 8.25. The first kappa shape index (κ1) is 20.1. The second-order valence-electron chi connectivity index (χ2n) is 6.07. The fourth-order valence-electron chi connectivity index (χ4n) is 2.93. The molecule has 1 heterocycles. The quantitative estimate of drug-likeness (QED) is 0.521. The maximum Gasteiger partial charge on any atom is 0.339 e. The zero-order valence-electron chi connectivity index (χ0n) is 15.7. The van der Waals surface area contributed by atoms with Crippen molar-refractivity contribution in [3.05, 3.63) is 52.8 Å². The zero-order chi connectivity index (χ0) is 19.3. The third-order valence-corrected chi connectivity index (χ3v) is 5.64. The number of rotatable bonds is 8. The number of carbonyl (C=O) groups excluding carboxylic acids is 2. The Kier molecular flexibility index (Phi) is 6.91. The second kappa shape index (κ2) is 8.94. The summed E-state index contributed by atoms with van der Waals surface area (Å²) in [4.78, 5) is 25.3. The molecular weight excluding hydrogens is 350 g/mol. The van der Waals surface area contributed by atoms with Gasteiger partial charge in [-0.05, 0) is 38.5 Å². The van der Waals surface area contributed by atoms with E-state index in [9.17, 15) is 13.8 Å². The van der Waals surface area contributed by atoms with Crippen LogP contribution in [0.2, 0.25) is 0 Å². The van der Waals surface area contributed by atoms with Crippen LogP contribution >= 0.6 is 0 Å². The highest BCUT2D eigenvalue weighted by molar-refractivity contribution is 7.85. The monoisotopic (exact) mass is 375 g/mol. The summed E-state index contributed by atoms with van der Waals surface area (Å²) in [7, 11) is -1.27. The number of benzene rings is 1. The molecule has 6 heteroatoms. The number of ketones is 1. The van der Waals surface area contributed by atoms with Gasteiger partial charge in [0.1, 0.15) is 0 Å². The van der Waals surface area contributed by atoms with E-state index < -0.39 is 16.8 Å². The largest absolute Gasteiger partial charge is 0.454 e. The van der Waals surface area contributed by atoms with Crippen molar-refractivity contribution in [2.75, 3.05) is 12.4 Å². The molecule has 1 aromatic heterocycles. The third-order valence-electron chi connectivity index (χ3n) is 4.27. The predicted octanol–water partition coefficient (Wildman–Crippen LogP) is 3.68. The number of esters is 1. The molecule has 2 rings (SSSR count). The predicted molar refractivity (Wildman–Crippen MR) is 102 cm³/mol. The maximum absolute atomic E-state index is 12.5. The van der Waals surface area contributed by atoms with E-state index in [-0.39, 0.29) is 18.0 Å². The first-order chi connectivity index (χ1) is 12.4. The molecule has 1 aromatic carbocycles. The van der Waals surface area contributed by atoms with E-state index in [1.165, 1.54) is 0 Å². The van der Waals surface area contributed by atoms with Crippen LogP contribution in [0.5, 0.6) is 0 Å². The van der Waals surface area contributed by atoms with Crippen LogP contribution in [0.15, 0.2) is 35.2 Å². The zero-order valence-corrected chi connectivity index (χ0v) is 16.5. The van der Waals surface area contributed by atoms with E-state index in [0.717, 1.165) is 24.4 Å². The molecule has 140 valence electrons. The molecule has 5 nitrogen and oxygen atoms in total. The van der Waals surface area contributed by atoms with Crippen LogP contribution in [0.25, 0.3) is 0 Å². The summed E-state index contributed by atoms with van der Waals surface area (Å²) < 4.78 is 19.4. The van der Waals surface area contributed by atoms with E-state index in [1.54, 1.807) is 31.2 Å². The van der Waals surface area contributed by atoms with E-state index in [1.807, 2.05) is 19.9 Å². The van der Waals surface area contributed by atoms with Crippen LogP contribution in [0, 0.1) is 13.8 Å². The molecule has 0 saturated carbocycles. The average molecular weight is 375 g/mol. The van der Waals surface area contributed by atoms with Gasteiger partial charge in [0.05, 0.1) is 21.3 Å². The van der Waals surface area contributed by atoms with Gasteiger partial charge in [0.25, 0.3) is 0 Å². The fourth-order valence-corrected chi connectivity index (χ4v) is 3.87. The Morgan fingerprint density at radius 2 is 1.81 bits per heavy atom. The number of aryl methyl sites for hydroxylation is 1. The van der Waals surface area contributed by atoms with Gasteiger partial charge in [-0.15, -0.1) is 0 Å². The molecule has 0 bridgehead atoms. The minimum atomic E-state index is -1.27. The topological polar surface area (TPSA) is 65.4 Å². The Labute approximate surface area is 156 Å². The first-order valence-electron chi connectivity index (χ1n) is 8.75. The standard InChI is InChI=1S/C20H25NO4S/c1-5-11-21-14(3)12-17(15(21)4)18(22)13-25-20(23)16-9-7-8-10-19(16)26(24)6-2/h7-10,12H,5-6,11,13H2,1-4H3. The molecule has 0 radical (unpaired) electrons. The van der Waals surface area contributed by atoms with E-state index in [4.69, 9.17) is 4.74 Å². The number of Topliss-reactive ketones (excluding diaryl/α,β-unsaturated/α-hetero) is 1. The van der Waals surface area contributed by atoms with Crippen molar-refractivity contribution in [1.29, 1.82) is 0 Å². The van der Waals surface area contributed by atoms with Gasteiger partial charge in [-0.1, -0.05) is 26.0 Å². The van der Waals surface area contributed by atoms with E-state index >= 15 is 0 Å². The van der Waals surface area contributed by atoms with Crippen LogP contribution in [0.3, 0.4) is 0 Å². The highest BCUT2D eigenvalue weighted by Crippen LogP contribution is 2.18. The van der Waals surface area contributed by atoms with Crippen molar-refractivity contribution in [2.24, 2.45) is 0 Å². The molecule has 0 aliphatic rings. The molecule has 1 atom stereocenters. The summed E-state index contributed by atoms with van der Waals surface area (Å²) in [5.74, 6) is -0.451. The Hall–Kier alpha value is -2.21. The molecule has 0 N–H and O–H groups in total. The van der Waals surface area contributed by atoms with Crippen molar-refractivity contribution < 1.29 is 18.5 Å². The van der Waals surface area contributed by atoms with Gasteiger partial charge in [-0.2, -0.15) is 0 Å². The van der Waals surface area contributed by atoms with Crippen LogP contribution in [0.4, 0.5) is 0 Å². The van der Waals surface area contributed by atoms with Crippen LogP contribution in [-0.2, 0) is 22.1 Å². The lowest BCUT2D eigenvalue weighted by atomic mass is 10.1. The molecule has 0 aliphatic heterocycles. The number of hydrogen-bond acceptors (Lipinski definition) is 4. The summed E-state index contributed by atoms with van der Waals surface area (Å²) in [6.07, 6.45) is 0.977. The fraction of sp³-hybridized carbons (Fsp3) is 0.400. The minimum Gasteiger partial charge on any atom is -0.454 e. The lowest BCUT2D eigenvalue weighted by molar-refractivity contribution is 0.0471. The second-order valence-corrected chi connectivity index (χ2v) is 7.77. The van der Waals surface area contributed by atoms with Gasteiger partial charge >= 0.3 is 5.97 Å². The lowest BCUT2D eigenvalue weighted by Crippen LogP contribution is -2.16. The van der Waals surface area contributed by atoms with Crippen molar-refractivity contribution in [2.45, 2.75) is 45.6 Å². The average Bonchev–Trinajstić information content (AvgIpc) is 2.93. The molecule has 0 amide bonds. The molecular formula is C20H25NO4S. The molecule has 0 saturated heterocycles. The smallest absolute Gasteiger partial charge is 0.339 e. The SMILES string of the molecule is CCCn1c(C)cc(C(=O)COC(=O)c2ccccc2S(=O)CC)c1C. The van der Waals surface area contributed by atoms with Gasteiger partial charge in [0.2, 0.25) is 5.78 Å². The third kappa shape index (κ3) is 4.30. The van der Waals surface area contributed by atoms with Gasteiger partial charge < -0.3 is 9.30 Å². The Bertz CT molecular complexity index is 838. The molecule has 0 aliphatic carbocycles. The molecule has 26 heavy (non-hydrogen) atoms. The van der Waals surface area contributed by atoms with Gasteiger partial charge in [0.15, 0.2) is 6.61 Å². The number of nitrogens with zero attached hydrogens (tertiary/aromatic N) is 1. The van der Waals surface area contributed by atoms with Gasteiger partial charge in [0, 0.05) is 29.2 Å². The van der Waals surface area contributed by atoms with Gasteiger partial charge in [-0.25, -0.2) is 4.79 Å². The summed E-state index contributed by atoms with van der Waals surface area (Å²) in [6, 6.07) is 8.47. The van der Waals surface area contributed by atoms with Crippen molar-refractivity contribution in [3.63, 3.8) is 0 Å². The Morgan fingerprint density at radius 1 is 1.12 bits per heavy atom. The van der Waals surface area contributed by atoms with E-state index in [2.05, 4.69) is 11.5 Å². The number of ether oxygens (including phenoxy) is 1. The normalized spacial score (nSPS) is 12.0. The van der Waals surface area contributed by atoms with Crippen molar-refractivity contribution >= 4 is 22.6 Å². The van der Waals surface area contributed by atoms with Crippen LogP contribution in [-0.4, -0.2) is 32.9 Å². The molecule has 0 spiro atoms. The minimum absolute atomic E-state index is 0.233. The van der Waals surface area contributed by atoms with Gasteiger partial charge in [-0.3, -0.25) is 9.00 Å². The molecule has 1 unspecified atom stereocenters. The number of carbonyl (C=O) groups is 2. The van der Waals surface area contributed by atoms with Crippen LogP contribution in [0.1, 0.15) is 52.4 Å². The highest BCUT2D eigenvalue weighted by Gasteiger charge is 2.20. The highest BCUT2D eigenvalue weighted by atomic mass is 32.2. The number of aromatic nitrogens is 1. The summed E-state index contributed by atoms with van der Waals surface area (Å²) in [5.41, 5.74) is 2.73. The van der Waals surface area contributed by atoms with Crippen molar-refractivity contribution in [1.82, 2.24) is 4.57 Å². The van der Waals surface area contributed by atoms with Crippen molar-refractivity contribution in [3.8, 4) is 0 Å². The molecule has 0 fully saturated rings. The first-order valence-corrected chi connectivity index (χ1v) is 10.1. The van der Waals surface area contributed by atoms with Crippen LogP contribution < -0.4 is 0 Å². The lowest BCUT2D eigenvalue weighted by Gasteiger charge is -2.09. The summed E-state index contributed by atoms with van der Waals surface area (Å²) >= 11 is 0. The van der Waals surface area contributed by atoms with E-state index in [0.29, 0.717) is 16.2 Å². The summed E-state index contributed by atoms with van der Waals surface area (Å²) in [5, 5.41) is 0. The Balaban J connectivity index is 2.12. The molecule has 2 aromatic rings. The number of hydrogen-bond donors (Lipinski definition) is 0. The maximum atomic E-state index is 12.5.